The van der Waals surface area contributed by atoms with E-state index in [0.717, 1.165) is 28.3 Å². The third-order valence-electron chi connectivity index (χ3n) is 5.65. The van der Waals surface area contributed by atoms with Crippen molar-refractivity contribution in [2.24, 2.45) is 7.05 Å². The Morgan fingerprint density at radius 3 is 2.28 bits per heavy atom. The molecule has 0 bridgehead atoms. The van der Waals surface area contributed by atoms with E-state index in [1.807, 2.05) is 93.2 Å². The lowest BCUT2D eigenvalue weighted by Gasteiger charge is -2.07. The highest BCUT2D eigenvalue weighted by Gasteiger charge is 2.18. The van der Waals surface area contributed by atoms with Crippen LogP contribution in [0.5, 0.6) is 0 Å². The Balaban J connectivity index is 1.44. The van der Waals surface area contributed by atoms with Crippen LogP contribution in [0.25, 0.3) is 11.4 Å². The second kappa shape index (κ2) is 8.70. The summed E-state index contributed by atoms with van der Waals surface area (Å²) in [5, 5.41) is 7.32. The van der Waals surface area contributed by atoms with Gasteiger partial charge < -0.3 is 5.32 Å². The van der Waals surface area contributed by atoms with Crippen LogP contribution in [-0.2, 0) is 18.3 Å². The first-order chi connectivity index (χ1) is 15.3. The molecule has 0 fully saturated rings. The lowest BCUT2D eigenvalue weighted by Crippen LogP contribution is -2.23. The molecule has 0 saturated carbocycles. The highest BCUT2D eigenvalue weighted by atomic mass is 16.2. The van der Waals surface area contributed by atoms with E-state index in [4.69, 9.17) is 0 Å². The van der Waals surface area contributed by atoms with Gasteiger partial charge in [0, 0.05) is 19.2 Å². The molecule has 2 aromatic carbocycles. The van der Waals surface area contributed by atoms with Crippen molar-refractivity contribution in [1.29, 1.82) is 0 Å². The zero-order chi connectivity index (χ0) is 22.8. The molecule has 2 heterocycles. The Morgan fingerprint density at radius 1 is 0.969 bits per heavy atom. The first-order valence-electron chi connectivity index (χ1n) is 10.6. The van der Waals surface area contributed by atoms with Gasteiger partial charge in [0.15, 0.2) is 0 Å². The number of hydrogen-bond acceptors (Lipinski definition) is 3. The number of aryl methyl sites for hydroxylation is 3. The summed E-state index contributed by atoms with van der Waals surface area (Å²) in [4.78, 5) is 25.5. The van der Waals surface area contributed by atoms with E-state index >= 15 is 0 Å². The van der Waals surface area contributed by atoms with E-state index in [1.165, 1.54) is 0 Å². The number of amides is 1. The minimum Gasteiger partial charge on any atom is -0.320 e. The number of benzene rings is 2. The Kier molecular flexibility index (Phi) is 5.81. The van der Waals surface area contributed by atoms with Gasteiger partial charge in [-0.05, 0) is 63.1 Å². The number of anilines is 1. The molecule has 0 atom stereocenters. The largest absolute Gasteiger partial charge is 0.320 e. The highest BCUT2D eigenvalue weighted by Crippen LogP contribution is 2.16. The molecule has 7 heteroatoms. The fourth-order valence-corrected chi connectivity index (χ4v) is 3.87. The quantitative estimate of drug-likeness (QED) is 0.506. The molecule has 1 N–H and O–H groups in total. The number of carbonyl (C=O) groups is 1. The van der Waals surface area contributed by atoms with Gasteiger partial charge >= 0.3 is 0 Å². The molecule has 0 unspecified atom stereocenters. The third-order valence-corrected chi connectivity index (χ3v) is 5.65. The van der Waals surface area contributed by atoms with E-state index in [1.54, 1.807) is 9.36 Å². The summed E-state index contributed by atoms with van der Waals surface area (Å²) in [5.74, 6) is -0.182. The van der Waals surface area contributed by atoms with Crippen molar-refractivity contribution >= 4 is 11.6 Å². The molecule has 1 amide bonds. The van der Waals surface area contributed by atoms with Crippen molar-refractivity contribution in [2.45, 2.75) is 33.6 Å². The molecule has 4 rings (SSSR count). The predicted octanol–water partition coefficient (Wildman–Crippen LogP) is 3.86. The summed E-state index contributed by atoms with van der Waals surface area (Å²) in [5.41, 5.74) is 5.65. The van der Waals surface area contributed by atoms with E-state index in [0.29, 0.717) is 24.2 Å². The smallest absolute Gasteiger partial charge is 0.295 e. The Labute approximate surface area is 186 Å². The molecule has 2 aromatic heterocycles. The number of carbonyl (C=O) groups excluding carboxylic acids is 1. The average molecular weight is 430 g/mol. The molecule has 4 aromatic rings. The number of aromatic nitrogens is 4. The summed E-state index contributed by atoms with van der Waals surface area (Å²) in [6.07, 6.45) is 0.875. The van der Waals surface area contributed by atoms with Gasteiger partial charge in [-0.25, -0.2) is 9.36 Å². The number of para-hydroxylation sites is 1. The first kappa shape index (κ1) is 21.4. The van der Waals surface area contributed by atoms with Crippen LogP contribution in [0.3, 0.4) is 0 Å². The first-order valence-corrected chi connectivity index (χ1v) is 10.6. The number of hydrogen-bond donors (Lipinski definition) is 1. The van der Waals surface area contributed by atoms with E-state index in [2.05, 4.69) is 10.4 Å². The Bertz CT molecular complexity index is 1310. The van der Waals surface area contributed by atoms with Crippen LogP contribution in [0, 0.1) is 20.8 Å². The van der Waals surface area contributed by atoms with Gasteiger partial charge in [0.25, 0.3) is 5.56 Å². The van der Waals surface area contributed by atoms with Gasteiger partial charge in [0.05, 0.1) is 22.8 Å². The zero-order valence-corrected chi connectivity index (χ0v) is 18.8. The van der Waals surface area contributed by atoms with Crippen LogP contribution in [-0.4, -0.2) is 25.1 Å². The van der Waals surface area contributed by atoms with Crippen LogP contribution in [0.1, 0.15) is 29.1 Å². The van der Waals surface area contributed by atoms with Gasteiger partial charge in [0.2, 0.25) is 5.91 Å². The molecule has 164 valence electrons. The molecule has 32 heavy (non-hydrogen) atoms. The van der Waals surface area contributed by atoms with Crippen LogP contribution in [0.4, 0.5) is 5.69 Å². The molecule has 0 spiro atoms. The zero-order valence-electron chi connectivity index (χ0n) is 18.8. The van der Waals surface area contributed by atoms with Crippen molar-refractivity contribution in [3.63, 3.8) is 0 Å². The summed E-state index contributed by atoms with van der Waals surface area (Å²) in [7, 11) is 1.81. The van der Waals surface area contributed by atoms with Gasteiger partial charge in [-0.3, -0.25) is 14.3 Å². The second-order valence-electron chi connectivity index (χ2n) is 7.99. The van der Waals surface area contributed by atoms with Gasteiger partial charge in [0.1, 0.15) is 5.69 Å². The molecule has 0 aliphatic carbocycles. The van der Waals surface area contributed by atoms with Gasteiger partial charge in [-0.1, -0.05) is 30.3 Å². The number of nitrogens with zero attached hydrogens (tertiary/aromatic N) is 4. The molecular weight excluding hydrogens is 402 g/mol. The SMILES string of the molecule is Cc1cc(C)n(-c2ccc(CCC(=O)Nc3c(C)n(C)n(-c4ccccc4)c3=O)cc2)n1. The predicted molar refractivity (Wildman–Crippen MR) is 126 cm³/mol. The molecule has 0 saturated heterocycles. The lowest BCUT2D eigenvalue weighted by molar-refractivity contribution is -0.116. The second-order valence-corrected chi connectivity index (χ2v) is 7.99. The lowest BCUT2D eigenvalue weighted by atomic mass is 10.1. The summed E-state index contributed by atoms with van der Waals surface area (Å²) >= 11 is 0. The molecule has 7 nitrogen and oxygen atoms in total. The van der Waals surface area contributed by atoms with Crippen molar-refractivity contribution in [2.75, 3.05) is 5.32 Å². The highest BCUT2D eigenvalue weighted by molar-refractivity contribution is 5.91. The van der Waals surface area contributed by atoms with Crippen LogP contribution in [0.15, 0.2) is 65.5 Å². The van der Waals surface area contributed by atoms with Crippen LogP contribution in [0.2, 0.25) is 0 Å². The molecule has 0 radical (unpaired) electrons. The van der Waals surface area contributed by atoms with Crippen molar-refractivity contribution in [1.82, 2.24) is 19.1 Å². The van der Waals surface area contributed by atoms with Crippen molar-refractivity contribution in [3.8, 4) is 11.4 Å². The topological polar surface area (TPSA) is 73.8 Å². The van der Waals surface area contributed by atoms with E-state index in [-0.39, 0.29) is 11.5 Å². The Morgan fingerprint density at radius 2 is 1.66 bits per heavy atom. The molecular formula is C25H27N5O2. The maximum atomic E-state index is 12.9. The van der Waals surface area contributed by atoms with E-state index in [9.17, 15) is 9.59 Å². The summed E-state index contributed by atoms with van der Waals surface area (Å²) in [6.45, 7) is 5.82. The van der Waals surface area contributed by atoms with Crippen LogP contribution < -0.4 is 10.9 Å². The maximum Gasteiger partial charge on any atom is 0.295 e. The molecule has 0 aliphatic heterocycles. The molecule has 0 aliphatic rings. The fraction of sp³-hybridized carbons (Fsp3) is 0.240. The Hall–Kier alpha value is -3.87. The fourth-order valence-electron chi connectivity index (χ4n) is 3.87. The van der Waals surface area contributed by atoms with Crippen molar-refractivity contribution in [3.05, 3.63) is 93.7 Å². The van der Waals surface area contributed by atoms with Gasteiger partial charge in [-0.15, -0.1) is 0 Å². The minimum atomic E-state index is -0.237. The normalized spacial score (nSPS) is 11.0. The standard InChI is InChI=1S/C25H27N5O2/c1-17-16-18(2)29(27-17)21-13-10-20(11-14-21)12-15-23(31)26-24-19(3)28(4)30(25(24)32)22-8-6-5-7-9-22/h5-11,13-14,16H,12,15H2,1-4H3,(H,26,31). The monoisotopic (exact) mass is 429 g/mol. The number of nitrogens with one attached hydrogen (secondary N) is 1. The third kappa shape index (κ3) is 4.14. The van der Waals surface area contributed by atoms with Gasteiger partial charge in [-0.2, -0.15) is 5.10 Å². The van der Waals surface area contributed by atoms with E-state index < -0.39 is 0 Å². The summed E-state index contributed by atoms with van der Waals surface area (Å²) in [6, 6.07) is 19.4. The number of rotatable bonds is 6. The summed E-state index contributed by atoms with van der Waals surface area (Å²) < 4.78 is 5.22. The average Bonchev–Trinajstić information content (AvgIpc) is 3.23. The maximum absolute atomic E-state index is 12.9. The minimum absolute atomic E-state index is 0.182. The van der Waals surface area contributed by atoms with Crippen molar-refractivity contribution < 1.29 is 4.79 Å². The van der Waals surface area contributed by atoms with Crippen LogP contribution >= 0.6 is 0 Å².